The highest BCUT2D eigenvalue weighted by molar-refractivity contribution is 6.22. The molecule has 0 aliphatic rings. The second kappa shape index (κ2) is 15.3. The van der Waals surface area contributed by atoms with Gasteiger partial charge in [0.05, 0.1) is 18.7 Å². The molecule has 0 saturated heterocycles. The van der Waals surface area contributed by atoms with Gasteiger partial charge in [0.25, 0.3) is 0 Å². The zero-order valence-corrected chi connectivity index (χ0v) is 23.5. The van der Waals surface area contributed by atoms with Crippen molar-refractivity contribution in [3.63, 3.8) is 0 Å². The van der Waals surface area contributed by atoms with Gasteiger partial charge in [0.1, 0.15) is 29.6 Å². The van der Waals surface area contributed by atoms with E-state index in [1.165, 1.54) is 12.5 Å². The topological polar surface area (TPSA) is 126 Å². The van der Waals surface area contributed by atoms with Crippen LogP contribution in [0.2, 0.25) is 0 Å². The van der Waals surface area contributed by atoms with Gasteiger partial charge in [0.15, 0.2) is 0 Å². The molecule has 8 nitrogen and oxygen atoms in total. The molecule has 3 aromatic rings. The fourth-order valence-electron chi connectivity index (χ4n) is 4.76. The Balaban J connectivity index is 2.24. The van der Waals surface area contributed by atoms with Crippen molar-refractivity contribution in [2.75, 3.05) is 13.2 Å². The maximum Gasteiger partial charge on any atom is 0.349 e. The fraction of sp³-hybridized carbons (Fsp3) is 0.438. The molecule has 40 heavy (non-hydrogen) atoms. The molecular weight excluding hydrogens is 504 g/mol. The van der Waals surface area contributed by atoms with Crippen molar-refractivity contribution in [3.8, 4) is 12.1 Å². The molecule has 2 aromatic carbocycles. The summed E-state index contributed by atoms with van der Waals surface area (Å²) in [6.07, 6.45) is 10.4. The van der Waals surface area contributed by atoms with Gasteiger partial charge in [-0.3, -0.25) is 0 Å². The van der Waals surface area contributed by atoms with Crippen molar-refractivity contribution < 1.29 is 19.1 Å². The van der Waals surface area contributed by atoms with Crippen molar-refractivity contribution in [3.05, 3.63) is 47.2 Å². The highest BCUT2D eigenvalue weighted by Crippen LogP contribution is 2.17. The second-order valence-electron chi connectivity index (χ2n) is 9.77. The number of nitrogens with zero attached hydrogens (tertiary/aromatic N) is 4. The minimum Gasteiger partial charge on any atom is -0.462 e. The minimum atomic E-state index is -0.733. The lowest BCUT2D eigenvalue weighted by Gasteiger charge is -2.14. The summed E-state index contributed by atoms with van der Waals surface area (Å²) in [6, 6.07) is 11.1. The lowest BCUT2D eigenvalue weighted by Crippen LogP contribution is -2.25. The van der Waals surface area contributed by atoms with Crippen LogP contribution >= 0.6 is 0 Å². The second-order valence-corrected chi connectivity index (χ2v) is 9.77. The van der Waals surface area contributed by atoms with Crippen molar-refractivity contribution in [1.82, 2.24) is 9.97 Å². The van der Waals surface area contributed by atoms with E-state index >= 15 is 0 Å². The fourth-order valence-corrected chi connectivity index (χ4v) is 4.76. The molecule has 1 unspecified atom stereocenters. The average molecular weight is 541 g/mol. The normalized spacial score (nSPS) is 13.2. The Morgan fingerprint density at radius 3 is 2.15 bits per heavy atom. The molecule has 0 aliphatic heterocycles. The van der Waals surface area contributed by atoms with Gasteiger partial charge in [-0.05, 0) is 29.5 Å². The third-order valence-corrected chi connectivity index (χ3v) is 7.04. The first-order chi connectivity index (χ1) is 19.5. The third kappa shape index (κ3) is 7.01. The summed E-state index contributed by atoms with van der Waals surface area (Å²) in [5, 5.41) is 22.2. The Labute approximate surface area is 234 Å². The number of hydrogen-bond donors (Lipinski definition) is 0. The molecule has 0 amide bonds. The summed E-state index contributed by atoms with van der Waals surface area (Å²) < 4.78 is 11.1. The molecule has 3 rings (SSSR count). The highest BCUT2D eigenvalue weighted by Gasteiger charge is 2.21. The summed E-state index contributed by atoms with van der Waals surface area (Å²) in [6.45, 7) is 6.70. The SMILES string of the molecule is CCCCCCOC(=O)/C(C#N)=c1\c2ccccc2/c(=C(\C#N)C(=O)OCC(CC)CCCC)c2ncncc12. The van der Waals surface area contributed by atoms with E-state index in [2.05, 4.69) is 30.7 Å². The minimum absolute atomic E-state index is 0.180. The number of carbonyl (C=O) groups excluding carboxylic acids is 2. The first-order valence-corrected chi connectivity index (χ1v) is 14.1. The quantitative estimate of drug-likeness (QED) is 0.168. The largest absolute Gasteiger partial charge is 0.462 e. The number of rotatable bonds is 13. The van der Waals surface area contributed by atoms with E-state index in [1.807, 2.05) is 12.1 Å². The smallest absolute Gasteiger partial charge is 0.349 e. The Bertz CT molecular complexity index is 1500. The van der Waals surface area contributed by atoms with Gasteiger partial charge in [0.2, 0.25) is 0 Å². The van der Waals surface area contributed by atoms with Crippen LogP contribution in [0.25, 0.3) is 32.8 Å². The number of aromatic nitrogens is 2. The van der Waals surface area contributed by atoms with Crippen LogP contribution in [0.5, 0.6) is 0 Å². The van der Waals surface area contributed by atoms with Crippen LogP contribution in [0.4, 0.5) is 0 Å². The molecule has 1 heterocycles. The molecule has 0 spiro atoms. The van der Waals surface area contributed by atoms with E-state index in [0.29, 0.717) is 27.8 Å². The first-order valence-electron chi connectivity index (χ1n) is 14.1. The van der Waals surface area contributed by atoms with Crippen LogP contribution in [0.1, 0.15) is 72.1 Å². The van der Waals surface area contributed by atoms with Gasteiger partial charge in [-0.1, -0.05) is 83.6 Å². The maximum atomic E-state index is 13.3. The van der Waals surface area contributed by atoms with Gasteiger partial charge < -0.3 is 9.47 Å². The number of fused-ring (bicyclic) bond motifs is 2. The molecule has 0 aliphatic carbocycles. The third-order valence-electron chi connectivity index (χ3n) is 7.04. The number of hydrogen-bond acceptors (Lipinski definition) is 8. The van der Waals surface area contributed by atoms with Crippen LogP contribution in [0, 0.1) is 28.6 Å². The molecule has 8 heteroatoms. The van der Waals surface area contributed by atoms with Crippen LogP contribution in [-0.4, -0.2) is 35.1 Å². The summed E-state index contributed by atoms with van der Waals surface area (Å²) in [4.78, 5) is 34.9. The van der Waals surface area contributed by atoms with Gasteiger partial charge in [-0.15, -0.1) is 0 Å². The van der Waals surface area contributed by atoms with Crippen LogP contribution in [0.3, 0.4) is 0 Å². The number of carbonyl (C=O) groups is 2. The van der Waals surface area contributed by atoms with E-state index in [1.54, 1.807) is 24.3 Å². The predicted molar refractivity (Wildman–Crippen MR) is 154 cm³/mol. The van der Waals surface area contributed by atoms with E-state index in [0.717, 1.165) is 44.9 Å². The standard InChI is InChI=1S/C32H36N4O4/c1-4-7-9-12-16-39-31(37)25(17-33)28-23-14-10-11-15-24(23)29(30-27(28)19-35-21-36-30)26(18-34)32(38)40-20-22(6-3)13-8-5-2/h10-11,14-15,19,21-22H,4-9,12-13,16,20H2,1-3H3/b28-25+,29-26-. The van der Waals surface area contributed by atoms with Gasteiger partial charge in [-0.25, -0.2) is 19.6 Å². The number of ether oxygens (including phenoxy) is 2. The molecule has 0 bridgehead atoms. The molecule has 0 fully saturated rings. The van der Waals surface area contributed by atoms with Crippen molar-refractivity contribution in [1.29, 1.82) is 10.5 Å². The van der Waals surface area contributed by atoms with Gasteiger partial charge in [0, 0.05) is 22.0 Å². The zero-order chi connectivity index (χ0) is 28.9. The summed E-state index contributed by atoms with van der Waals surface area (Å²) in [5.41, 5.74) is -0.0895. The maximum absolute atomic E-state index is 13.3. The van der Waals surface area contributed by atoms with E-state index in [-0.39, 0.29) is 41.0 Å². The molecule has 0 N–H and O–H groups in total. The summed E-state index contributed by atoms with van der Waals surface area (Å²) >= 11 is 0. The predicted octanol–water partition coefficient (Wildman–Crippen LogP) is 5.01. The van der Waals surface area contributed by atoms with Crippen LogP contribution in [0.15, 0.2) is 36.8 Å². The monoisotopic (exact) mass is 540 g/mol. The van der Waals surface area contributed by atoms with Crippen molar-refractivity contribution >= 4 is 44.8 Å². The summed E-state index contributed by atoms with van der Waals surface area (Å²) in [7, 11) is 0. The zero-order valence-electron chi connectivity index (χ0n) is 23.5. The Morgan fingerprint density at radius 1 is 0.850 bits per heavy atom. The molecule has 208 valence electrons. The van der Waals surface area contributed by atoms with Gasteiger partial charge >= 0.3 is 11.9 Å². The molecule has 1 atom stereocenters. The lowest BCUT2D eigenvalue weighted by atomic mass is 9.96. The lowest BCUT2D eigenvalue weighted by molar-refractivity contribution is -0.138. The number of esters is 2. The number of nitriles is 2. The molecular formula is C32H36N4O4. The van der Waals surface area contributed by atoms with Crippen LogP contribution < -0.4 is 10.4 Å². The highest BCUT2D eigenvalue weighted by atomic mass is 16.5. The Kier molecular flexibility index (Phi) is 11.6. The number of unbranched alkanes of at least 4 members (excludes halogenated alkanes) is 4. The molecule has 0 radical (unpaired) electrons. The summed E-state index contributed by atoms with van der Waals surface area (Å²) in [5.74, 6) is -1.25. The van der Waals surface area contributed by atoms with E-state index in [9.17, 15) is 20.1 Å². The van der Waals surface area contributed by atoms with Crippen LogP contribution in [-0.2, 0) is 19.1 Å². The van der Waals surface area contributed by atoms with Gasteiger partial charge in [-0.2, -0.15) is 10.5 Å². The number of benzene rings is 2. The van der Waals surface area contributed by atoms with E-state index < -0.39 is 11.9 Å². The average Bonchev–Trinajstić information content (AvgIpc) is 2.98. The Hall–Kier alpha value is -4.30. The van der Waals surface area contributed by atoms with Crippen molar-refractivity contribution in [2.45, 2.75) is 72.1 Å². The van der Waals surface area contributed by atoms with Crippen molar-refractivity contribution in [2.24, 2.45) is 5.92 Å². The Morgan fingerprint density at radius 2 is 1.50 bits per heavy atom. The molecule has 1 aromatic heterocycles. The van der Waals surface area contributed by atoms with E-state index in [4.69, 9.17) is 9.47 Å². The molecule has 0 saturated carbocycles. The first kappa shape index (κ1) is 30.2.